The Kier molecular flexibility index (Phi) is 3.77. The van der Waals surface area contributed by atoms with Gasteiger partial charge in [0.1, 0.15) is 23.2 Å². The lowest BCUT2D eigenvalue weighted by Crippen LogP contribution is -2.23. The molecule has 1 aromatic carbocycles. The van der Waals surface area contributed by atoms with Crippen LogP contribution in [0.5, 0.6) is 0 Å². The summed E-state index contributed by atoms with van der Waals surface area (Å²) >= 11 is 0. The van der Waals surface area contributed by atoms with Gasteiger partial charge in [-0.1, -0.05) is 13.0 Å². The van der Waals surface area contributed by atoms with Crippen molar-refractivity contribution in [3.63, 3.8) is 0 Å². The quantitative estimate of drug-likeness (QED) is 0.898. The van der Waals surface area contributed by atoms with Gasteiger partial charge in [0.25, 0.3) is 0 Å². The molecule has 0 fully saturated rings. The minimum atomic E-state index is -0.607. The van der Waals surface area contributed by atoms with Gasteiger partial charge in [-0.2, -0.15) is 0 Å². The normalized spacial score (nSPS) is 12.7. The van der Waals surface area contributed by atoms with Gasteiger partial charge in [-0.05, 0) is 37.7 Å². The summed E-state index contributed by atoms with van der Waals surface area (Å²) in [7, 11) is 0. The van der Waals surface area contributed by atoms with Gasteiger partial charge in [0.2, 0.25) is 0 Å². The minimum absolute atomic E-state index is 0.00583. The first-order valence-corrected chi connectivity index (χ1v) is 5.87. The van der Waals surface area contributed by atoms with E-state index >= 15 is 0 Å². The Hall–Kier alpha value is -1.68. The number of rotatable bonds is 4. The molecule has 2 rings (SSSR count). The Balaban J connectivity index is 2.47. The second kappa shape index (κ2) is 5.31. The van der Waals surface area contributed by atoms with E-state index in [0.717, 1.165) is 0 Å². The highest BCUT2D eigenvalue weighted by molar-refractivity contribution is 5.30. The van der Waals surface area contributed by atoms with Crippen LogP contribution in [0.3, 0.4) is 0 Å². The van der Waals surface area contributed by atoms with Gasteiger partial charge < -0.3 is 9.73 Å². The highest BCUT2D eigenvalue weighted by Gasteiger charge is 2.23. The molecule has 0 spiro atoms. The van der Waals surface area contributed by atoms with E-state index in [0.29, 0.717) is 18.1 Å². The Bertz CT molecular complexity index is 516. The third-order valence-electron chi connectivity index (χ3n) is 2.74. The summed E-state index contributed by atoms with van der Waals surface area (Å²) < 4.78 is 33.1. The monoisotopic (exact) mass is 251 g/mol. The van der Waals surface area contributed by atoms with Crippen LogP contribution >= 0.6 is 0 Å². The van der Waals surface area contributed by atoms with Gasteiger partial charge in [0.05, 0.1) is 6.04 Å². The standard InChI is InChI=1S/C14H15F2NO/c1-3-17-14(12-8-7-9(2)18-12)13-10(15)5-4-6-11(13)16/h4-8,14,17H,3H2,1-2H3. The van der Waals surface area contributed by atoms with Crippen LogP contribution in [-0.2, 0) is 0 Å². The molecule has 0 saturated heterocycles. The van der Waals surface area contributed by atoms with Gasteiger partial charge in [-0.15, -0.1) is 0 Å². The van der Waals surface area contributed by atoms with Crippen LogP contribution in [0.25, 0.3) is 0 Å². The second-order valence-corrected chi connectivity index (χ2v) is 4.07. The molecule has 1 unspecified atom stereocenters. The van der Waals surface area contributed by atoms with Crippen LogP contribution < -0.4 is 5.32 Å². The minimum Gasteiger partial charge on any atom is -0.464 e. The van der Waals surface area contributed by atoms with Crippen molar-refractivity contribution in [1.29, 1.82) is 0 Å². The van der Waals surface area contributed by atoms with E-state index in [2.05, 4.69) is 5.32 Å². The fourth-order valence-electron chi connectivity index (χ4n) is 1.94. The highest BCUT2D eigenvalue weighted by atomic mass is 19.1. The van der Waals surface area contributed by atoms with Gasteiger partial charge in [-0.25, -0.2) is 8.78 Å². The largest absolute Gasteiger partial charge is 0.464 e. The first kappa shape index (κ1) is 12.8. The van der Waals surface area contributed by atoms with E-state index in [1.165, 1.54) is 18.2 Å². The van der Waals surface area contributed by atoms with Gasteiger partial charge in [0, 0.05) is 5.56 Å². The van der Waals surface area contributed by atoms with Gasteiger partial charge in [0.15, 0.2) is 0 Å². The summed E-state index contributed by atoms with van der Waals surface area (Å²) in [5.74, 6) is 0.0769. The molecule has 0 bridgehead atoms. The lowest BCUT2D eigenvalue weighted by atomic mass is 10.0. The molecule has 1 atom stereocenters. The van der Waals surface area contributed by atoms with Crippen molar-refractivity contribution in [1.82, 2.24) is 5.32 Å². The molecule has 0 aliphatic carbocycles. The number of halogens is 2. The third-order valence-corrected chi connectivity index (χ3v) is 2.74. The van der Waals surface area contributed by atoms with Crippen LogP contribution in [0.4, 0.5) is 8.78 Å². The zero-order valence-electron chi connectivity index (χ0n) is 10.3. The Morgan fingerprint density at radius 2 is 1.83 bits per heavy atom. The maximum Gasteiger partial charge on any atom is 0.131 e. The summed E-state index contributed by atoms with van der Waals surface area (Å²) in [4.78, 5) is 0. The van der Waals surface area contributed by atoms with E-state index in [4.69, 9.17) is 4.42 Å². The first-order valence-electron chi connectivity index (χ1n) is 5.87. The van der Waals surface area contributed by atoms with Crippen LogP contribution in [0, 0.1) is 18.6 Å². The Morgan fingerprint density at radius 1 is 1.17 bits per heavy atom. The summed E-state index contributed by atoms with van der Waals surface area (Å²) in [5, 5.41) is 3.04. The summed E-state index contributed by atoms with van der Waals surface area (Å²) in [6.45, 7) is 4.25. The summed E-state index contributed by atoms with van der Waals surface area (Å²) in [5.41, 5.74) is -0.00583. The average molecular weight is 251 g/mol. The third kappa shape index (κ3) is 2.43. The fourth-order valence-corrected chi connectivity index (χ4v) is 1.94. The molecule has 0 aliphatic rings. The average Bonchev–Trinajstić information content (AvgIpc) is 2.74. The van der Waals surface area contributed by atoms with Gasteiger partial charge >= 0.3 is 0 Å². The molecule has 2 nitrogen and oxygen atoms in total. The second-order valence-electron chi connectivity index (χ2n) is 4.07. The van der Waals surface area contributed by atoms with Crippen molar-refractivity contribution < 1.29 is 13.2 Å². The molecular weight excluding hydrogens is 236 g/mol. The zero-order chi connectivity index (χ0) is 13.1. The zero-order valence-corrected chi connectivity index (χ0v) is 10.3. The molecular formula is C14H15F2NO. The maximum atomic E-state index is 13.8. The highest BCUT2D eigenvalue weighted by Crippen LogP contribution is 2.28. The maximum absolute atomic E-state index is 13.8. The lowest BCUT2D eigenvalue weighted by molar-refractivity contribution is 0.415. The van der Waals surface area contributed by atoms with Crippen molar-refractivity contribution >= 4 is 0 Å². The van der Waals surface area contributed by atoms with E-state index < -0.39 is 17.7 Å². The van der Waals surface area contributed by atoms with E-state index in [9.17, 15) is 8.78 Å². The predicted molar refractivity (Wildman–Crippen MR) is 65.3 cm³/mol. The van der Waals surface area contributed by atoms with Crippen molar-refractivity contribution in [2.45, 2.75) is 19.9 Å². The molecule has 4 heteroatoms. The lowest BCUT2D eigenvalue weighted by Gasteiger charge is -2.17. The van der Waals surface area contributed by atoms with Crippen LogP contribution in [0.1, 0.15) is 30.0 Å². The SMILES string of the molecule is CCNC(c1ccc(C)o1)c1c(F)cccc1F. The number of hydrogen-bond acceptors (Lipinski definition) is 2. The molecule has 18 heavy (non-hydrogen) atoms. The van der Waals surface area contributed by atoms with Crippen molar-refractivity contribution in [2.24, 2.45) is 0 Å². The Morgan fingerprint density at radius 3 is 2.33 bits per heavy atom. The van der Waals surface area contributed by atoms with Crippen LogP contribution in [0.2, 0.25) is 0 Å². The topological polar surface area (TPSA) is 25.2 Å². The van der Waals surface area contributed by atoms with Crippen molar-refractivity contribution in [3.05, 3.63) is 59.1 Å². The molecule has 1 aromatic heterocycles. The first-order chi connectivity index (χ1) is 8.63. The van der Waals surface area contributed by atoms with Gasteiger partial charge in [-0.3, -0.25) is 0 Å². The molecule has 1 heterocycles. The predicted octanol–water partition coefficient (Wildman–Crippen LogP) is 3.57. The number of furan rings is 1. The molecule has 96 valence electrons. The van der Waals surface area contributed by atoms with Crippen molar-refractivity contribution in [3.8, 4) is 0 Å². The van der Waals surface area contributed by atoms with Crippen molar-refractivity contribution in [2.75, 3.05) is 6.54 Å². The number of benzene rings is 1. The van der Waals surface area contributed by atoms with Crippen LogP contribution in [-0.4, -0.2) is 6.54 Å². The van der Waals surface area contributed by atoms with E-state index in [1.807, 2.05) is 6.92 Å². The molecule has 1 N–H and O–H groups in total. The summed E-state index contributed by atoms with van der Waals surface area (Å²) in [6, 6.07) is 6.75. The number of hydrogen-bond donors (Lipinski definition) is 1. The molecule has 0 radical (unpaired) electrons. The summed E-state index contributed by atoms with van der Waals surface area (Å²) in [6.07, 6.45) is 0. The van der Waals surface area contributed by atoms with Crippen LogP contribution in [0.15, 0.2) is 34.7 Å². The fraction of sp³-hybridized carbons (Fsp3) is 0.286. The number of aryl methyl sites for hydroxylation is 1. The molecule has 0 saturated carbocycles. The number of nitrogens with one attached hydrogen (secondary N) is 1. The smallest absolute Gasteiger partial charge is 0.131 e. The molecule has 2 aromatic rings. The Labute approximate surface area is 105 Å². The van der Waals surface area contributed by atoms with E-state index in [-0.39, 0.29) is 5.56 Å². The molecule has 0 amide bonds. The molecule has 0 aliphatic heterocycles. The van der Waals surface area contributed by atoms with E-state index in [1.54, 1.807) is 19.1 Å².